The fourth-order valence-electron chi connectivity index (χ4n) is 1.14. The Bertz CT molecular complexity index is 448. The zero-order valence-electron chi connectivity index (χ0n) is 8.61. The number of halogens is 3. The maximum atomic E-state index is 12.0. The number of aromatic nitrogens is 1. The van der Waals surface area contributed by atoms with Crippen LogP contribution in [0.3, 0.4) is 0 Å². The molecule has 0 aliphatic carbocycles. The largest absolute Gasteiger partial charge is 0.574 e. The van der Waals surface area contributed by atoms with E-state index in [0.717, 1.165) is 6.07 Å². The summed E-state index contributed by atoms with van der Waals surface area (Å²) >= 11 is 0. The van der Waals surface area contributed by atoms with Crippen molar-refractivity contribution in [3.05, 3.63) is 27.4 Å². The minimum Gasteiger partial charge on any atom is -0.388 e. The molecule has 0 aliphatic heterocycles. The summed E-state index contributed by atoms with van der Waals surface area (Å²) in [4.78, 5) is 13.2. The van der Waals surface area contributed by atoms with Gasteiger partial charge in [0.2, 0.25) is 5.88 Å². The van der Waals surface area contributed by atoms with Gasteiger partial charge in [0.15, 0.2) is 0 Å². The normalized spacial score (nSPS) is 11.4. The van der Waals surface area contributed by atoms with Gasteiger partial charge < -0.3 is 10.5 Å². The summed E-state index contributed by atoms with van der Waals surface area (Å²) in [5, 5.41) is 10.5. The van der Waals surface area contributed by atoms with Crippen LogP contribution in [0.15, 0.2) is 6.07 Å². The van der Waals surface area contributed by atoms with Gasteiger partial charge in [-0.15, -0.1) is 13.2 Å². The summed E-state index contributed by atoms with van der Waals surface area (Å²) in [6.07, 6.45) is -4.92. The second-order valence-corrected chi connectivity index (χ2v) is 3.07. The van der Waals surface area contributed by atoms with Crippen LogP contribution in [0, 0.1) is 17.0 Å². The van der Waals surface area contributed by atoms with Crippen LogP contribution in [0.2, 0.25) is 0 Å². The molecule has 9 heteroatoms. The molecule has 0 amide bonds. The van der Waals surface area contributed by atoms with Crippen molar-refractivity contribution < 1.29 is 22.8 Å². The number of alkyl halides is 3. The Labute approximate surface area is 93.3 Å². The molecule has 6 nitrogen and oxygen atoms in total. The van der Waals surface area contributed by atoms with Crippen LogP contribution >= 0.6 is 0 Å². The number of ether oxygens (including phenoxy) is 1. The monoisotopic (exact) mass is 251 g/mol. The van der Waals surface area contributed by atoms with Gasteiger partial charge in [-0.2, -0.15) is 0 Å². The molecule has 94 valence electrons. The van der Waals surface area contributed by atoms with Gasteiger partial charge in [0, 0.05) is 18.2 Å². The highest BCUT2D eigenvalue weighted by Gasteiger charge is 2.33. The molecule has 1 aromatic heterocycles. The van der Waals surface area contributed by atoms with E-state index < -0.39 is 22.9 Å². The second-order valence-electron chi connectivity index (χ2n) is 3.07. The van der Waals surface area contributed by atoms with Gasteiger partial charge in [-0.05, 0) is 6.92 Å². The highest BCUT2D eigenvalue weighted by molar-refractivity contribution is 5.43. The van der Waals surface area contributed by atoms with Crippen molar-refractivity contribution in [2.24, 2.45) is 5.73 Å². The van der Waals surface area contributed by atoms with E-state index in [-0.39, 0.29) is 17.8 Å². The lowest BCUT2D eigenvalue weighted by molar-refractivity contribution is -0.385. The van der Waals surface area contributed by atoms with Crippen molar-refractivity contribution in [1.29, 1.82) is 0 Å². The number of hydrogen-bond donors (Lipinski definition) is 1. The van der Waals surface area contributed by atoms with E-state index >= 15 is 0 Å². The molecule has 0 atom stereocenters. The Morgan fingerprint density at radius 3 is 2.59 bits per heavy atom. The molecule has 0 aliphatic rings. The third-order valence-corrected chi connectivity index (χ3v) is 1.85. The van der Waals surface area contributed by atoms with Crippen molar-refractivity contribution in [1.82, 2.24) is 4.98 Å². The molecule has 1 heterocycles. The first-order valence-corrected chi connectivity index (χ1v) is 4.35. The number of aryl methyl sites for hydroxylation is 1. The first-order chi connectivity index (χ1) is 7.74. The van der Waals surface area contributed by atoms with Gasteiger partial charge in [0.05, 0.1) is 4.92 Å². The van der Waals surface area contributed by atoms with Gasteiger partial charge in [-0.25, -0.2) is 4.98 Å². The minimum atomic E-state index is -4.92. The van der Waals surface area contributed by atoms with E-state index in [4.69, 9.17) is 5.73 Å². The lowest BCUT2D eigenvalue weighted by Crippen LogP contribution is -2.20. The van der Waals surface area contributed by atoms with Gasteiger partial charge in [-0.1, -0.05) is 0 Å². The van der Waals surface area contributed by atoms with E-state index in [1.54, 1.807) is 0 Å². The van der Waals surface area contributed by atoms with Crippen LogP contribution in [0.1, 0.15) is 11.3 Å². The molecule has 1 aromatic rings. The number of pyridine rings is 1. The van der Waals surface area contributed by atoms with Crippen LogP contribution < -0.4 is 10.5 Å². The van der Waals surface area contributed by atoms with Gasteiger partial charge >= 0.3 is 6.36 Å². The Balaban J connectivity index is 3.24. The van der Waals surface area contributed by atoms with E-state index in [0.29, 0.717) is 0 Å². The van der Waals surface area contributed by atoms with Gasteiger partial charge in [0.1, 0.15) is 5.69 Å². The summed E-state index contributed by atoms with van der Waals surface area (Å²) in [7, 11) is 0. The zero-order chi connectivity index (χ0) is 13.2. The summed E-state index contributed by atoms with van der Waals surface area (Å²) in [6.45, 7) is 0.862. The summed E-state index contributed by atoms with van der Waals surface area (Å²) < 4.78 is 39.7. The minimum absolute atomic E-state index is 0.175. The topological polar surface area (TPSA) is 91.3 Å². The van der Waals surface area contributed by atoms with Crippen molar-refractivity contribution in [3.8, 4) is 5.88 Å². The molecular weight excluding hydrogens is 243 g/mol. The molecular formula is C8H8F3N3O3. The van der Waals surface area contributed by atoms with Crippen molar-refractivity contribution in [2.45, 2.75) is 19.8 Å². The quantitative estimate of drug-likeness (QED) is 0.651. The van der Waals surface area contributed by atoms with Crippen LogP contribution in [-0.4, -0.2) is 16.3 Å². The molecule has 0 unspecified atom stereocenters. The van der Waals surface area contributed by atoms with E-state index in [1.165, 1.54) is 6.92 Å². The fourth-order valence-corrected chi connectivity index (χ4v) is 1.14. The summed E-state index contributed by atoms with van der Waals surface area (Å²) in [5.74, 6) is -0.761. The lowest BCUT2D eigenvalue weighted by Gasteiger charge is -2.11. The van der Waals surface area contributed by atoms with E-state index in [1.807, 2.05) is 0 Å². The molecule has 0 aromatic carbocycles. The zero-order valence-corrected chi connectivity index (χ0v) is 8.61. The first-order valence-electron chi connectivity index (χ1n) is 4.35. The predicted molar refractivity (Wildman–Crippen MR) is 50.2 cm³/mol. The Morgan fingerprint density at radius 2 is 2.18 bits per heavy atom. The number of hydrogen-bond acceptors (Lipinski definition) is 5. The van der Waals surface area contributed by atoms with Gasteiger partial charge in [-0.3, -0.25) is 10.1 Å². The molecule has 0 saturated heterocycles. The Kier molecular flexibility index (Phi) is 3.51. The number of nitrogens with two attached hydrogens (primary N) is 1. The predicted octanol–water partition coefficient (Wildman–Crippen LogP) is 1.66. The molecule has 0 fully saturated rings. The molecule has 0 bridgehead atoms. The molecule has 0 spiro atoms. The van der Waals surface area contributed by atoms with E-state index in [9.17, 15) is 23.3 Å². The molecule has 0 radical (unpaired) electrons. The van der Waals surface area contributed by atoms with Crippen LogP contribution in [0.25, 0.3) is 0 Å². The van der Waals surface area contributed by atoms with Gasteiger partial charge in [0.25, 0.3) is 5.69 Å². The highest BCUT2D eigenvalue weighted by Crippen LogP contribution is 2.28. The standard InChI is InChI=1S/C8H8F3N3O3/c1-4-6(14(15)16)2-5(3-12)7(13-4)17-8(9,10)11/h2H,3,12H2,1H3. The van der Waals surface area contributed by atoms with E-state index in [2.05, 4.69) is 9.72 Å². The van der Waals surface area contributed by atoms with Crippen molar-refractivity contribution in [3.63, 3.8) is 0 Å². The number of nitrogens with zero attached hydrogens (tertiary/aromatic N) is 2. The molecule has 17 heavy (non-hydrogen) atoms. The summed E-state index contributed by atoms with van der Waals surface area (Å²) in [6, 6.07) is 0.920. The summed E-state index contributed by atoms with van der Waals surface area (Å²) in [5.41, 5.74) is 4.42. The average molecular weight is 251 g/mol. The number of rotatable bonds is 3. The van der Waals surface area contributed by atoms with Crippen molar-refractivity contribution in [2.75, 3.05) is 0 Å². The molecule has 0 saturated carbocycles. The highest BCUT2D eigenvalue weighted by atomic mass is 19.4. The first kappa shape index (κ1) is 13.2. The lowest BCUT2D eigenvalue weighted by atomic mass is 10.2. The third-order valence-electron chi connectivity index (χ3n) is 1.85. The smallest absolute Gasteiger partial charge is 0.388 e. The van der Waals surface area contributed by atoms with Crippen LogP contribution in [-0.2, 0) is 6.54 Å². The van der Waals surface area contributed by atoms with Crippen LogP contribution in [0.5, 0.6) is 5.88 Å². The van der Waals surface area contributed by atoms with Crippen LogP contribution in [0.4, 0.5) is 18.9 Å². The Morgan fingerprint density at radius 1 is 1.59 bits per heavy atom. The molecule has 2 N–H and O–H groups in total. The maximum absolute atomic E-state index is 12.0. The third kappa shape index (κ3) is 3.28. The van der Waals surface area contributed by atoms with Crippen molar-refractivity contribution >= 4 is 5.69 Å². The molecule has 1 rings (SSSR count). The SMILES string of the molecule is Cc1nc(OC(F)(F)F)c(CN)cc1[N+](=O)[O-]. The Hall–Kier alpha value is -1.90. The second kappa shape index (κ2) is 4.53. The number of nitro groups is 1. The maximum Gasteiger partial charge on any atom is 0.574 e. The fraction of sp³-hybridized carbons (Fsp3) is 0.375. The average Bonchev–Trinajstić information content (AvgIpc) is 2.14.